The van der Waals surface area contributed by atoms with Crippen molar-refractivity contribution in [1.29, 1.82) is 0 Å². The average Bonchev–Trinajstić information content (AvgIpc) is 3.23. The molecule has 0 spiro atoms. The van der Waals surface area contributed by atoms with E-state index in [0.29, 0.717) is 22.3 Å². The summed E-state index contributed by atoms with van der Waals surface area (Å²) < 4.78 is 1.72. The molecular weight excluding hydrogens is 386 g/mol. The van der Waals surface area contributed by atoms with Gasteiger partial charge in [-0.2, -0.15) is 4.68 Å². The normalized spacial score (nSPS) is 21.7. The maximum Gasteiger partial charge on any atom is 0.252 e. The van der Waals surface area contributed by atoms with Gasteiger partial charge < -0.3 is 5.32 Å². The molecular formula is C22H24ClN5O. The fraction of sp³-hybridized carbons (Fsp3) is 0.364. The van der Waals surface area contributed by atoms with Gasteiger partial charge in [-0.05, 0) is 78.8 Å². The van der Waals surface area contributed by atoms with Gasteiger partial charge in [0.15, 0.2) is 5.82 Å². The number of aromatic nitrogens is 4. The van der Waals surface area contributed by atoms with Crippen LogP contribution in [0, 0.1) is 12.8 Å². The van der Waals surface area contributed by atoms with Crippen LogP contribution in [0.1, 0.15) is 54.4 Å². The van der Waals surface area contributed by atoms with Crippen LogP contribution in [-0.4, -0.2) is 26.1 Å². The Hall–Kier alpha value is -2.73. The number of tetrazole rings is 1. The minimum Gasteiger partial charge on any atom is -0.339 e. The maximum atomic E-state index is 13.1. The van der Waals surface area contributed by atoms with E-state index in [1.54, 1.807) is 4.68 Å². The third-order valence-electron chi connectivity index (χ3n) is 5.88. The molecule has 2 aromatic carbocycles. The molecule has 6 nitrogen and oxygen atoms in total. The van der Waals surface area contributed by atoms with Gasteiger partial charge in [0.25, 0.3) is 5.91 Å². The number of carbonyl (C=O) groups excluding carboxylic acids is 1. The highest BCUT2D eigenvalue weighted by molar-refractivity contribution is 6.31. The predicted octanol–water partition coefficient (Wildman–Crippen LogP) is 4.46. The van der Waals surface area contributed by atoms with Crippen LogP contribution in [0.4, 0.5) is 0 Å². The molecule has 29 heavy (non-hydrogen) atoms. The fourth-order valence-electron chi connectivity index (χ4n) is 4.01. The molecule has 1 aromatic heterocycles. The predicted molar refractivity (Wildman–Crippen MR) is 112 cm³/mol. The number of nitrogens with one attached hydrogen (secondary N) is 1. The Balaban J connectivity index is 1.77. The summed E-state index contributed by atoms with van der Waals surface area (Å²) in [5.41, 5.74) is 1.72. The lowest BCUT2D eigenvalue weighted by Crippen LogP contribution is -2.49. The molecule has 1 aliphatic rings. The van der Waals surface area contributed by atoms with Gasteiger partial charge in [0.2, 0.25) is 0 Å². The standard InChI is InChI=1S/C22H24ClN5O/c1-15-11-13-22(14-12-15,24-20(29)17-7-4-3-5-8-17)21-25-26-27-28(21)19-10-6-9-18(23)16(19)2/h3-10,15H,11-14H2,1-2H3,(H,24,29). The molecule has 4 rings (SSSR count). The fourth-order valence-corrected chi connectivity index (χ4v) is 4.18. The third-order valence-corrected chi connectivity index (χ3v) is 6.29. The van der Waals surface area contributed by atoms with Crippen molar-refractivity contribution < 1.29 is 4.79 Å². The van der Waals surface area contributed by atoms with Gasteiger partial charge in [0.1, 0.15) is 5.54 Å². The molecule has 0 saturated heterocycles. The van der Waals surface area contributed by atoms with Crippen LogP contribution in [0.15, 0.2) is 48.5 Å². The van der Waals surface area contributed by atoms with Crippen molar-refractivity contribution in [2.24, 2.45) is 5.92 Å². The maximum absolute atomic E-state index is 13.1. The number of halogens is 1. The van der Waals surface area contributed by atoms with Crippen molar-refractivity contribution in [2.45, 2.75) is 45.1 Å². The van der Waals surface area contributed by atoms with Crippen LogP contribution < -0.4 is 5.32 Å². The van der Waals surface area contributed by atoms with Crippen LogP contribution >= 0.6 is 11.6 Å². The number of rotatable bonds is 4. The first-order valence-electron chi connectivity index (χ1n) is 9.92. The molecule has 1 saturated carbocycles. The summed E-state index contributed by atoms with van der Waals surface area (Å²) in [4.78, 5) is 13.1. The second-order valence-corrected chi connectivity index (χ2v) is 8.29. The highest BCUT2D eigenvalue weighted by Gasteiger charge is 2.42. The lowest BCUT2D eigenvalue weighted by atomic mass is 9.76. The molecule has 1 heterocycles. The van der Waals surface area contributed by atoms with E-state index in [0.717, 1.165) is 36.9 Å². The summed E-state index contributed by atoms with van der Waals surface area (Å²) in [5, 5.41) is 16.5. The van der Waals surface area contributed by atoms with E-state index in [-0.39, 0.29) is 5.91 Å². The lowest BCUT2D eigenvalue weighted by molar-refractivity contribution is 0.0836. The molecule has 1 fully saturated rings. The Kier molecular flexibility index (Phi) is 5.37. The SMILES string of the molecule is Cc1c(Cl)cccc1-n1nnnc1C1(NC(=O)c2ccccc2)CCC(C)CC1. The van der Waals surface area contributed by atoms with E-state index in [1.165, 1.54) is 0 Å². The Morgan fingerprint density at radius 2 is 1.86 bits per heavy atom. The molecule has 0 bridgehead atoms. The molecule has 0 radical (unpaired) electrons. The first-order valence-corrected chi connectivity index (χ1v) is 10.3. The van der Waals surface area contributed by atoms with Gasteiger partial charge in [-0.25, -0.2) is 0 Å². The third kappa shape index (κ3) is 3.77. The largest absolute Gasteiger partial charge is 0.339 e. The molecule has 7 heteroatoms. The number of benzene rings is 2. The first kappa shape index (κ1) is 19.6. The average molecular weight is 410 g/mol. The van der Waals surface area contributed by atoms with Gasteiger partial charge in [0, 0.05) is 10.6 Å². The lowest BCUT2D eigenvalue weighted by Gasteiger charge is -2.39. The molecule has 150 valence electrons. The number of nitrogens with zero attached hydrogens (tertiary/aromatic N) is 4. The van der Waals surface area contributed by atoms with Gasteiger partial charge >= 0.3 is 0 Å². The van der Waals surface area contributed by atoms with Crippen molar-refractivity contribution in [3.8, 4) is 5.69 Å². The molecule has 0 unspecified atom stereocenters. The zero-order valence-corrected chi connectivity index (χ0v) is 17.4. The van der Waals surface area contributed by atoms with Crippen molar-refractivity contribution in [3.05, 3.63) is 70.5 Å². The summed E-state index contributed by atoms with van der Waals surface area (Å²) in [6.07, 6.45) is 3.56. The van der Waals surface area contributed by atoms with Crippen molar-refractivity contribution in [3.63, 3.8) is 0 Å². The van der Waals surface area contributed by atoms with E-state index in [9.17, 15) is 4.79 Å². The van der Waals surface area contributed by atoms with Crippen LogP contribution in [0.5, 0.6) is 0 Å². The van der Waals surface area contributed by atoms with Gasteiger partial charge in [0.05, 0.1) is 5.69 Å². The highest BCUT2D eigenvalue weighted by Crippen LogP contribution is 2.39. The number of hydrogen-bond donors (Lipinski definition) is 1. The van der Waals surface area contributed by atoms with Crippen molar-refractivity contribution in [1.82, 2.24) is 25.5 Å². The van der Waals surface area contributed by atoms with Gasteiger partial charge in [-0.3, -0.25) is 4.79 Å². The Bertz CT molecular complexity index is 1010. The Morgan fingerprint density at radius 1 is 1.14 bits per heavy atom. The summed E-state index contributed by atoms with van der Waals surface area (Å²) in [7, 11) is 0. The Morgan fingerprint density at radius 3 is 2.59 bits per heavy atom. The zero-order valence-electron chi connectivity index (χ0n) is 16.6. The molecule has 0 atom stereocenters. The zero-order chi connectivity index (χ0) is 20.4. The monoisotopic (exact) mass is 409 g/mol. The quantitative estimate of drug-likeness (QED) is 0.690. The second-order valence-electron chi connectivity index (χ2n) is 7.88. The van der Waals surface area contributed by atoms with E-state index in [4.69, 9.17) is 11.6 Å². The van der Waals surface area contributed by atoms with E-state index >= 15 is 0 Å². The van der Waals surface area contributed by atoms with Crippen molar-refractivity contribution in [2.75, 3.05) is 0 Å². The number of hydrogen-bond acceptors (Lipinski definition) is 4. The first-order chi connectivity index (χ1) is 14.0. The molecule has 0 aliphatic heterocycles. The van der Waals surface area contributed by atoms with Crippen LogP contribution in [0.2, 0.25) is 5.02 Å². The van der Waals surface area contributed by atoms with E-state index in [1.807, 2.05) is 55.5 Å². The summed E-state index contributed by atoms with van der Waals surface area (Å²) in [6, 6.07) is 14.9. The summed E-state index contributed by atoms with van der Waals surface area (Å²) in [6.45, 7) is 4.19. The number of amides is 1. The summed E-state index contributed by atoms with van der Waals surface area (Å²) >= 11 is 6.34. The van der Waals surface area contributed by atoms with Crippen LogP contribution in [0.3, 0.4) is 0 Å². The van der Waals surface area contributed by atoms with Crippen LogP contribution in [-0.2, 0) is 5.54 Å². The van der Waals surface area contributed by atoms with Crippen molar-refractivity contribution >= 4 is 17.5 Å². The minimum atomic E-state index is -0.627. The molecule has 1 amide bonds. The molecule has 3 aromatic rings. The summed E-state index contributed by atoms with van der Waals surface area (Å²) in [5.74, 6) is 1.14. The van der Waals surface area contributed by atoms with Gasteiger partial charge in [-0.15, -0.1) is 5.10 Å². The molecule has 1 aliphatic carbocycles. The second kappa shape index (κ2) is 7.95. The minimum absolute atomic E-state index is 0.113. The number of carbonyl (C=O) groups is 1. The topological polar surface area (TPSA) is 72.7 Å². The smallest absolute Gasteiger partial charge is 0.252 e. The van der Waals surface area contributed by atoms with E-state index < -0.39 is 5.54 Å². The Labute approximate surface area is 175 Å². The van der Waals surface area contributed by atoms with Crippen LogP contribution in [0.25, 0.3) is 5.69 Å². The highest BCUT2D eigenvalue weighted by atomic mass is 35.5. The van der Waals surface area contributed by atoms with E-state index in [2.05, 4.69) is 27.8 Å². The van der Waals surface area contributed by atoms with Gasteiger partial charge in [-0.1, -0.05) is 42.8 Å². The molecule has 1 N–H and O–H groups in total.